The van der Waals surface area contributed by atoms with Crippen LogP contribution < -0.4 is 0 Å². The van der Waals surface area contributed by atoms with Crippen LogP contribution in [0.4, 0.5) is 4.39 Å². The molecule has 180 valence electrons. The van der Waals surface area contributed by atoms with E-state index in [1.54, 1.807) is 30.3 Å². The number of likely N-dealkylation sites (tertiary alicyclic amines) is 1. The first kappa shape index (κ1) is 23.9. The number of hydrogen-bond acceptors (Lipinski definition) is 6. The molecule has 2 aromatic carbocycles. The zero-order valence-corrected chi connectivity index (χ0v) is 21.1. The summed E-state index contributed by atoms with van der Waals surface area (Å²) in [7, 11) is 0. The Balaban J connectivity index is 1.40. The second-order valence-corrected chi connectivity index (χ2v) is 10.4. The van der Waals surface area contributed by atoms with Crippen LogP contribution in [0.2, 0.25) is 10.0 Å². The van der Waals surface area contributed by atoms with Crippen LogP contribution in [0.3, 0.4) is 0 Å². The maximum Gasteiger partial charge on any atom is 0.274 e. The van der Waals surface area contributed by atoms with Crippen LogP contribution in [-0.4, -0.2) is 38.6 Å². The largest absolute Gasteiger partial charge is 0.421 e. The molecule has 1 aliphatic rings. The highest BCUT2D eigenvalue weighted by Crippen LogP contribution is 2.34. The fourth-order valence-electron chi connectivity index (χ4n) is 4.30. The highest BCUT2D eigenvalue weighted by molar-refractivity contribution is 7.15. The minimum Gasteiger partial charge on any atom is -0.421 e. The molecule has 0 aliphatic carbocycles. The van der Waals surface area contributed by atoms with Crippen LogP contribution in [0.25, 0.3) is 21.9 Å². The molecule has 3 heterocycles. The normalized spacial score (nSPS) is 16.0. The van der Waals surface area contributed by atoms with Crippen LogP contribution in [0.15, 0.2) is 46.9 Å². The molecule has 2 aromatic heterocycles. The summed E-state index contributed by atoms with van der Waals surface area (Å²) in [6.07, 6.45) is 3.14. The van der Waals surface area contributed by atoms with E-state index in [2.05, 4.69) is 15.2 Å². The monoisotopic (exact) mass is 530 g/mol. The summed E-state index contributed by atoms with van der Waals surface area (Å²) in [5.41, 5.74) is 1.73. The minimum absolute atomic E-state index is 0.109. The molecule has 1 unspecified atom stereocenters. The molecule has 5 rings (SSSR count). The molecule has 0 bridgehead atoms. The van der Waals surface area contributed by atoms with Crippen molar-refractivity contribution < 1.29 is 13.6 Å². The summed E-state index contributed by atoms with van der Waals surface area (Å²) in [5.74, 6) is 0.247. The van der Waals surface area contributed by atoms with Gasteiger partial charge in [-0.15, -0.1) is 21.5 Å². The fraction of sp³-hybridized carbons (Fsp3) is 0.280. The summed E-state index contributed by atoms with van der Waals surface area (Å²) in [5, 5.41) is 9.88. The second-order valence-electron chi connectivity index (χ2n) is 8.37. The fourth-order valence-corrected chi connectivity index (χ4v) is 5.60. The Morgan fingerprint density at radius 1 is 1.17 bits per heavy atom. The van der Waals surface area contributed by atoms with E-state index >= 15 is 0 Å². The first-order valence-electron chi connectivity index (χ1n) is 11.2. The van der Waals surface area contributed by atoms with E-state index in [0.29, 0.717) is 40.2 Å². The van der Waals surface area contributed by atoms with Gasteiger partial charge in [0.1, 0.15) is 11.5 Å². The second kappa shape index (κ2) is 10.0. The molecule has 0 spiro atoms. The number of piperidine rings is 1. The van der Waals surface area contributed by atoms with Crippen LogP contribution in [0.1, 0.15) is 40.6 Å². The quantitative estimate of drug-likeness (QED) is 0.282. The van der Waals surface area contributed by atoms with Crippen molar-refractivity contribution in [2.75, 3.05) is 6.54 Å². The molecular formula is C25H21Cl2FN4O2S. The average Bonchev–Trinajstić information content (AvgIpc) is 3.48. The average molecular weight is 531 g/mol. The van der Waals surface area contributed by atoms with Crippen molar-refractivity contribution in [2.45, 2.75) is 38.6 Å². The molecule has 4 aromatic rings. The Hall–Kier alpha value is -2.81. The number of hydrogen-bond donors (Lipinski definition) is 0. The van der Waals surface area contributed by atoms with Gasteiger partial charge in [0.25, 0.3) is 5.91 Å². The highest BCUT2D eigenvalue weighted by Gasteiger charge is 2.32. The van der Waals surface area contributed by atoms with Crippen LogP contribution in [0.5, 0.6) is 0 Å². The van der Waals surface area contributed by atoms with Crippen molar-refractivity contribution in [1.82, 2.24) is 20.1 Å². The summed E-state index contributed by atoms with van der Waals surface area (Å²) < 4.78 is 19.3. The van der Waals surface area contributed by atoms with Gasteiger partial charge in [0.2, 0.25) is 11.8 Å². The van der Waals surface area contributed by atoms with Crippen molar-refractivity contribution in [2.24, 2.45) is 0 Å². The van der Waals surface area contributed by atoms with Crippen molar-refractivity contribution in [3.8, 4) is 21.9 Å². The Morgan fingerprint density at radius 2 is 1.97 bits per heavy atom. The van der Waals surface area contributed by atoms with Gasteiger partial charge < -0.3 is 9.32 Å². The highest BCUT2D eigenvalue weighted by atomic mass is 35.5. The lowest BCUT2D eigenvalue weighted by Gasteiger charge is -2.35. The number of aromatic nitrogens is 3. The molecule has 6 nitrogen and oxygen atoms in total. The number of rotatable bonds is 5. The molecule has 10 heteroatoms. The van der Waals surface area contributed by atoms with Crippen molar-refractivity contribution in [3.05, 3.63) is 74.9 Å². The van der Waals surface area contributed by atoms with Gasteiger partial charge in [0.05, 0.1) is 25.5 Å². The standard InChI is InChI=1S/C25H21Cl2FN4O2S/c1-14-29-22(23(35-14)15-8-10-16(28)11-9-15)25(33)32-12-3-2-5-17(32)13-20-30-31-24(34-20)18-6-4-7-19(26)21(18)27/h4,6-11,17H,2-3,5,12-13H2,1H3. The number of halogens is 3. The molecule has 0 N–H and O–H groups in total. The van der Waals surface area contributed by atoms with E-state index in [1.165, 1.54) is 23.5 Å². The zero-order valence-electron chi connectivity index (χ0n) is 18.8. The van der Waals surface area contributed by atoms with Crippen molar-refractivity contribution in [3.63, 3.8) is 0 Å². The SMILES string of the molecule is Cc1nc(C(=O)N2CCCCC2Cc2nnc(-c3cccc(Cl)c3Cl)o2)c(-c2ccc(F)cc2)s1. The summed E-state index contributed by atoms with van der Waals surface area (Å²) in [6, 6.07) is 11.2. The minimum atomic E-state index is -0.322. The lowest BCUT2D eigenvalue weighted by Crippen LogP contribution is -2.45. The third-order valence-electron chi connectivity index (χ3n) is 5.99. The first-order chi connectivity index (χ1) is 16.9. The Bertz CT molecular complexity index is 1370. The predicted molar refractivity (Wildman–Crippen MR) is 134 cm³/mol. The smallest absolute Gasteiger partial charge is 0.274 e. The predicted octanol–water partition coefficient (Wildman–Crippen LogP) is 6.85. The molecule has 1 amide bonds. The van der Waals surface area contributed by atoms with E-state index in [-0.39, 0.29) is 23.7 Å². The van der Waals surface area contributed by atoms with Gasteiger partial charge in [0, 0.05) is 19.0 Å². The van der Waals surface area contributed by atoms with Crippen molar-refractivity contribution >= 4 is 40.4 Å². The Kier molecular flexibility index (Phi) is 6.86. The lowest BCUT2D eigenvalue weighted by atomic mass is 9.98. The number of carbonyl (C=O) groups excluding carboxylic acids is 1. The van der Waals surface area contributed by atoms with Gasteiger partial charge in [-0.1, -0.05) is 41.4 Å². The number of carbonyl (C=O) groups is 1. The molecule has 0 saturated carbocycles. The number of aryl methyl sites for hydroxylation is 1. The molecule has 1 saturated heterocycles. The maximum absolute atomic E-state index is 13.7. The van der Waals surface area contributed by atoms with Gasteiger partial charge in [-0.3, -0.25) is 4.79 Å². The van der Waals surface area contributed by atoms with E-state index < -0.39 is 0 Å². The zero-order chi connectivity index (χ0) is 24.5. The van der Waals surface area contributed by atoms with Gasteiger partial charge in [-0.05, 0) is 56.0 Å². The molecule has 0 radical (unpaired) electrons. The van der Waals surface area contributed by atoms with E-state index in [4.69, 9.17) is 27.6 Å². The topological polar surface area (TPSA) is 72.1 Å². The van der Waals surface area contributed by atoms with Gasteiger partial charge in [-0.25, -0.2) is 9.37 Å². The van der Waals surface area contributed by atoms with Crippen LogP contribution in [0, 0.1) is 12.7 Å². The molecule has 1 aliphatic heterocycles. The third-order valence-corrected chi connectivity index (χ3v) is 7.83. The van der Waals surface area contributed by atoms with Gasteiger partial charge in [0.15, 0.2) is 0 Å². The Morgan fingerprint density at radius 3 is 2.77 bits per heavy atom. The van der Waals surface area contributed by atoms with Crippen LogP contribution in [-0.2, 0) is 6.42 Å². The Labute approximate surface area is 215 Å². The third kappa shape index (κ3) is 4.96. The summed E-state index contributed by atoms with van der Waals surface area (Å²) in [6.45, 7) is 2.48. The van der Waals surface area contributed by atoms with E-state index in [0.717, 1.165) is 34.7 Å². The number of benzene rings is 2. The first-order valence-corrected chi connectivity index (χ1v) is 12.8. The number of thiazole rings is 1. The molecular weight excluding hydrogens is 510 g/mol. The summed E-state index contributed by atoms with van der Waals surface area (Å²) >= 11 is 13.8. The van der Waals surface area contributed by atoms with Gasteiger partial charge >= 0.3 is 0 Å². The molecule has 1 atom stereocenters. The van der Waals surface area contributed by atoms with Crippen LogP contribution >= 0.6 is 34.5 Å². The number of amides is 1. The lowest BCUT2D eigenvalue weighted by molar-refractivity contribution is 0.0601. The molecule has 35 heavy (non-hydrogen) atoms. The van der Waals surface area contributed by atoms with E-state index in [1.807, 2.05) is 11.8 Å². The number of nitrogens with zero attached hydrogens (tertiary/aromatic N) is 4. The van der Waals surface area contributed by atoms with Gasteiger partial charge in [-0.2, -0.15) is 0 Å². The molecule has 1 fully saturated rings. The maximum atomic E-state index is 13.7. The van der Waals surface area contributed by atoms with E-state index in [9.17, 15) is 9.18 Å². The summed E-state index contributed by atoms with van der Waals surface area (Å²) in [4.78, 5) is 20.8. The van der Waals surface area contributed by atoms with Crippen molar-refractivity contribution in [1.29, 1.82) is 0 Å².